The van der Waals surface area contributed by atoms with Gasteiger partial charge in [0.25, 0.3) is 5.91 Å². The molecule has 7 heteroatoms. The number of amides is 1. The predicted octanol–water partition coefficient (Wildman–Crippen LogP) is 4.54. The van der Waals surface area contributed by atoms with Gasteiger partial charge in [-0.3, -0.25) is 4.79 Å². The Morgan fingerprint density at radius 1 is 1.11 bits per heavy atom. The highest BCUT2D eigenvalue weighted by Crippen LogP contribution is 2.43. The van der Waals surface area contributed by atoms with Crippen molar-refractivity contribution in [3.8, 4) is 17.2 Å². The van der Waals surface area contributed by atoms with Gasteiger partial charge in [-0.15, -0.1) is 0 Å². The van der Waals surface area contributed by atoms with E-state index in [-0.39, 0.29) is 5.91 Å². The summed E-state index contributed by atoms with van der Waals surface area (Å²) in [6, 6.07) is 13.5. The molecule has 1 saturated carbocycles. The topological polar surface area (TPSA) is 65.4 Å². The van der Waals surface area contributed by atoms with Gasteiger partial charge in [0, 0.05) is 22.5 Å². The summed E-state index contributed by atoms with van der Waals surface area (Å²) >= 11 is 3.51. The van der Waals surface area contributed by atoms with Crippen molar-refractivity contribution >= 4 is 27.5 Å². The zero-order valence-electron chi connectivity index (χ0n) is 15.0. The Kier molecular flexibility index (Phi) is 4.31. The van der Waals surface area contributed by atoms with Crippen molar-refractivity contribution < 1.29 is 14.3 Å². The van der Waals surface area contributed by atoms with Crippen LogP contribution in [0.2, 0.25) is 0 Å². The number of rotatable bonds is 4. The molecule has 5 rings (SSSR count). The minimum atomic E-state index is -0.179. The quantitative estimate of drug-likeness (QED) is 0.647. The Bertz CT molecular complexity index is 1040. The number of ether oxygens (including phenoxy) is 2. The minimum absolute atomic E-state index is 0.179. The first-order valence-electron chi connectivity index (χ1n) is 9.24. The van der Waals surface area contributed by atoms with Gasteiger partial charge in [0.05, 0.1) is 28.8 Å². The van der Waals surface area contributed by atoms with Crippen LogP contribution in [0.1, 0.15) is 34.8 Å². The van der Waals surface area contributed by atoms with Crippen molar-refractivity contribution in [3.05, 3.63) is 64.4 Å². The molecular formula is C21H18BrN3O3. The van der Waals surface area contributed by atoms with Crippen molar-refractivity contribution in [2.45, 2.75) is 18.8 Å². The molecular weight excluding hydrogens is 422 g/mol. The van der Waals surface area contributed by atoms with Crippen LogP contribution in [0.15, 0.2) is 53.1 Å². The van der Waals surface area contributed by atoms with E-state index in [0.717, 1.165) is 28.7 Å². The fourth-order valence-electron chi connectivity index (χ4n) is 3.41. The van der Waals surface area contributed by atoms with E-state index in [9.17, 15) is 4.79 Å². The molecule has 1 amide bonds. The molecule has 142 valence electrons. The maximum atomic E-state index is 13.1. The lowest BCUT2D eigenvalue weighted by molar-refractivity contribution is 0.102. The summed E-state index contributed by atoms with van der Waals surface area (Å²) in [5.41, 5.74) is 3.18. The van der Waals surface area contributed by atoms with Crippen molar-refractivity contribution in [3.63, 3.8) is 0 Å². The zero-order valence-corrected chi connectivity index (χ0v) is 16.6. The van der Waals surface area contributed by atoms with Gasteiger partial charge >= 0.3 is 0 Å². The van der Waals surface area contributed by atoms with Gasteiger partial charge in [0.1, 0.15) is 13.2 Å². The van der Waals surface area contributed by atoms with Gasteiger partial charge in [0.2, 0.25) is 0 Å². The number of hydrogen-bond acceptors (Lipinski definition) is 4. The lowest BCUT2D eigenvalue weighted by Crippen LogP contribution is -2.17. The van der Waals surface area contributed by atoms with Gasteiger partial charge in [-0.25, -0.2) is 4.68 Å². The van der Waals surface area contributed by atoms with Crippen LogP contribution in [0.4, 0.5) is 5.69 Å². The molecule has 28 heavy (non-hydrogen) atoms. The van der Waals surface area contributed by atoms with Crippen molar-refractivity contribution in [1.82, 2.24) is 9.78 Å². The number of nitrogens with one attached hydrogen (secondary N) is 1. The Morgan fingerprint density at radius 2 is 1.82 bits per heavy atom. The number of carbonyl (C=O) groups is 1. The highest BCUT2D eigenvalue weighted by atomic mass is 79.9. The third-order valence-corrected chi connectivity index (χ3v) is 5.55. The monoisotopic (exact) mass is 439 g/mol. The molecule has 2 aromatic carbocycles. The second kappa shape index (κ2) is 6.98. The number of aromatic nitrogens is 2. The first-order chi connectivity index (χ1) is 13.7. The molecule has 0 unspecified atom stereocenters. The maximum Gasteiger partial charge on any atom is 0.259 e. The molecule has 2 heterocycles. The second-order valence-corrected chi connectivity index (χ2v) is 7.75. The van der Waals surface area contributed by atoms with E-state index in [1.807, 2.05) is 41.1 Å². The molecule has 1 aromatic heterocycles. The summed E-state index contributed by atoms with van der Waals surface area (Å²) in [4.78, 5) is 13.1. The predicted molar refractivity (Wildman–Crippen MR) is 109 cm³/mol. The molecule has 3 aromatic rings. The number of anilines is 1. The molecule has 0 atom stereocenters. The third-order valence-electron chi connectivity index (χ3n) is 4.90. The lowest BCUT2D eigenvalue weighted by Gasteiger charge is -2.20. The van der Waals surface area contributed by atoms with Crippen LogP contribution in [0.25, 0.3) is 5.69 Å². The van der Waals surface area contributed by atoms with E-state index in [4.69, 9.17) is 9.47 Å². The first-order valence-corrected chi connectivity index (χ1v) is 10.0. The van der Waals surface area contributed by atoms with Crippen LogP contribution in [0.3, 0.4) is 0 Å². The Labute approximate surface area is 170 Å². The fraction of sp³-hybridized carbons (Fsp3) is 0.238. The van der Waals surface area contributed by atoms with Crippen LogP contribution in [0.5, 0.6) is 11.5 Å². The minimum Gasteiger partial charge on any atom is -0.486 e. The van der Waals surface area contributed by atoms with Gasteiger partial charge in [-0.1, -0.05) is 18.2 Å². The SMILES string of the molecule is O=C(Nc1cc2c(cc1Br)OCCO2)c1cnn(-c2ccccc2)c1C1CC1. The molecule has 1 aliphatic carbocycles. The lowest BCUT2D eigenvalue weighted by atomic mass is 10.1. The number of carbonyl (C=O) groups excluding carboxylic acids is 1. The van der Waals surface area contributed by atoms with Crippen LogP contribution in [0, 0.1) is 0 Å². The number of halogens is 1. The highest BCUT2D eigenvalue weighted by Gasteiger charge is 2.33. The molecule has 6 nitrogen and oxygen atoms in total. The fourth-order valence-corrected chi connectivity index (χ4v) is 3.83. The van der Waals surface area contributed by atoms with Crippen LogP contribution in [-0.2, 0) is 0 Å². The summed E-state index contributed by atoms with van der Waals surface area (Å²) in [5, 5.41) is 7.49. The van der Waals surface area contributed by atoms with E-state index in [1.54, 1.807) is 12.3 Å². The van der Waals surface area contributed by atoms with Crippen LogP contribution in [-0.4, -0.2) is 28.9 Å². The molecule has 0 spiro atoms. The second-order valence-electron chi connectivity index (χ2n) is 6.89. The van der Waals surface area contributed by atoms with Crippen molar-refractivity contribution in [2.24, 2.45) is 0 Å². The standard InChI is InChI=1S/C21H18BrN3O3/c22-16-10-18-19(28-9-8-27-18)11-17(16)24-21(26)15-12-23-25(20(15)13-6-7-13)14-4-2-1-3-5-14/h1-5,10-13H,6-9H2,(H,24,26). The number of fused-ring (bicyclic) bond motifs is 1. The summed E-state index contributed by atoms with van der Waals surface area (Å²) in [5.74, 6) is 1.49. The zero-order chi connectivity index (χ0) is 19.1. The normalized spacial score (nSPS) is 15.3. The van der Waals surface area contributed by atoms with Gasteiger partial charge in [-0.05, 0) is 40.9 Å². The summed E-state index contributed by atoms with van der Waals surface area (Å²) in [6.45, 7) is 1.02. The highest BCUT2D eigenvalue weighted by molar-refractivity contribution is 9.10. The number of hydrogen-bond donors (Lipinski definition) is 1. The average Bonchev–Trinajstić information content (AvgIpc) is 3.46. The number of nitrogens with zero attached hydrogens (tertiary/aromatic N) is 2. The van der Waals surface area contributed by atoms with E-state index < -0.39 is 0 Å². The number of benzene rings is 2. The van der Waals surface area contributed by atoms with E-state index in [1.165, 1.54) is 0 Å². The first kappa shape index (κ1) is 17.3. The Balaban J connectivity index is 1.47. The van der Waals surface area contributed by atoms with Gasteiger partial charge in [-0.2, -0.15) is 5.10 Å². The van der Waals surface area contributed by atoms with Gasteiger partial charge in [0.15, 0.2) is 11.5 Å². The molecule has 0 saturated heterocycles. The van der Waals surface area contributed by atoms with E-state index >= 15 is 0 Å². The molecule has 0 bridgehead atoms. The molecule has 1 aliphatic heterocycles. The van der Waals surface area contributed by atoms with Gasteiger partial charge < -0.3 is 14.8 Å². The van der Waals surface area contributed by atoms with Crippen molar-refractivity contribution in [1.29, 1.82) is 0 Å². The van der Waals surface area contributed by atoms with Crippen LogP contribution < -0.4 is 14.8 Å². The molecule has 0 radical (unpaired) electrons. The Hall–Kier alpha value is -2.80. The molecule has 1 N–H and O–H groups in total. The van der Waals surface area contributed by atoms with E-state index in [2.05, 4.69) is 26.3 Å². The summed E-state index contributed by atoms with van der Waals surface area (Å²) in [7, 11) is 0. The van der Waals surface area contributed by atoms with Crippen LogP contribution >= 0.6 is 15.9 Å². The van der Waals surface area contributed by atoms with Crippen molar-refractivity contribution in [2.75, 3.05) is 18.5 Å². The maximum absolute atomic E-state index is 13.1. The smallest absolute Gasteiger partial charge is 0.259 e. The Morgan fingerprint density at radius 3 is 2.54 bits per heavy atom. The average molecular weight is 440 g/mol. The number of para-hydroxylation sites is 1. The summed E-state index contributed by atoms with van der Waals surface area (Å²) in [6.07, 6.45) is 3.81. The third kappa shape index (κ3) is 3.16. The van der Waals surface area contributed by atoms with E-state index in [0.29, 0.717) is 41.9 Å². The molecule has 2 aliphatic rings. The largest absolute Gasteiger partial charge is 0.486 e. The summed E-state index contributed by atoms with van der Waals surface area (Å²) < 4.78 is 13.8. The molecule has 1 fully saturated rings.